The number of nitro benzene ring substituents is 1. The van der Waals surface area contributed by atoms with Gasteiger partial charge in [0.2, 0.25) is 0 Å². The summed E-state index contributed by atoms with van der Waals surface area (Å²) in [7, 11) is 1.30. The molecule has 2 rings (SSSR count). The quantitative estimate of drug-likeness (QED) is 0.264. The molecule has 1 aliphatic rings. The zero-order valence-corrected chi connectivity index (χ0v) is 12.8. The van der Waals surface area contributed by atoms with Gasteiger partial charge in [0.1, 0.15) is 0 Å². The van der Waals surface area contributed by atoms with E-state index in [9.17, 15) is 14.9 Å². The van der Waals surface area contributed by atoms with E-state index in [1.807, 2.05) is 0 Å². The van der Waals surface area contributed by atoms with Crippen LogP contribution in [0.1, 0.15) is 11.1 Å². The third-order valence-electron chi connectivity index (χ3n) is 3.59. The standard InChI is InChI=1S/C13H18N6O4/c1-8-3-4-9(5-11(8)19(21)22)12(14)16-18(15)10-6-17(7-10)13(20)23-2/h3-5,10H,6-7,15H2,1-2H3,(H2,14,16). The molecule has 0 atom stereocenters. The van der Waals surface area contributed by atoms with Crippen LogP contribution in [0.2, 0.25) is 0 Å². The van der Waals surface area contributed by atoms with Crippen molar-refractivity contribution in [2.45, 2.75) is 13.0 Å². The molecule has 10 nitrogen and oxygen atoms in total. The molecule has 124 valence electrons. The maximum absolute atomic E-state index is 11.3. The van der Waals surface area contributed by atoms with Crippen LogP contribution >= 0.6 is 0 Å². The van der Waals surface area contributed by atoms with E-state index in [0.29, 0.717) is 24.2 Å². The lowest BCUT2D eigenvalue weighted by Gasteiger charge is -2.40. The van der Waals surface area contributed by atoms with E-state index in [0.717, 1.165) is 5.12 Å². The Balaban J connectivity index is 2.07. The summed E-state index contributed by atoms with van der Waals surface area (Å²) in [6.45, 7) is 2.38. The minimum absolute atomic E-state index is 0.0373. The predicted molar refractivity (Wildman–Crippen MR) is 82.4 cm³/mol. The maximum Gasteiger partial charge on any atom is 0.409 e. The Hall–Kier alpha value is -2.88. The van der Waals surface area contributed by atoms with Crippen molar-refractivity contribution in [2.24, 2.45) is 16.7 Å². The Bertz CT molecular complexity index is 656. The van der Waals surface area contributed by atoms with Crippen molar-refractivity contribution < 1.29 is 14.5 Å². The second kappa shape index (κ2) is 6.48. The number of benzene rings is 1. The molecule has 1 saturated heterocycles. The zero-order chi connectivity index (χ0) is 17.1. The van der Waals surface area contributed by atoms with Crippen molar-refractivity contribution in [3.05, 3.63) is 39.4 Å². The number of amides is 1. The van der Waals surface area contributed by atoms with E-state index in [1.54, 1.807) is 19.1 Å². The summed E-state index contributed by atoms with van der Waals surface area (Å²) in [5.74, 6) is 5.86. The van der Waals surface area contributed by atoms with Crippen LogP contribution in [-0.2, 0) is 4.74 Å². The number of nitro groups is 1. The number of hydrazine groups is 1. The third kappa shape index (κ3) is 3.48. The molecule has 1 amide bonds. The monoisotopic (exact) mass is 322 g/mol. The minimum atomic E-state index is -0.480. The number of methoxy groups -OCH3 is 1. The number of hydrogen-bond donors (Lipinski definition) is 2. The molecule has 0 aromatic heterocycles. The van der Waals surface area contributed by atoms with Gasteiger partial charge < -0.3 is 15.4 Å². The van der Waals surface area contributed by atoms with Gasteiger partial charge in [-0.3, -0.25) is 10.1 Å². The van der Waals surface area contributed by atoms with E-state index < -0.39 is 11.0 Å². The first kappa shape index (κ1) is 16.5. The Labute approximate surface area is 132 Å². The van der Waals surface area contributed by atoms with Crippen LogP contribution in [0.25, 0.3) is 0 Å². The largest absolute Gasteiger partial charge is 0.453 e. The minimum Gasteiger partial charge on any atom is -0.453 e. The lowest BCUT2D eigenvalue weighted by Crippen LogP contribution is -2.61. The number of carbonyl (C=O) groups excluding carboxylic acids is 1. The third-order valence-corrected chi connectivity index (χ3v) is 3.59. The number of hydrogen-bond acceptors (Lipinski definition) is 7. The summed E-state index contributed by atoms with van der Waals surface area (Å²) in [6, 6.07) is 4.40. The SMILES string of the molecule is COC(=O)N1CC(N(N)/N=C(\N)c2ccc(C)c([N+](=O)[O-])c2)C1. The Morgan fingerprint density at radius 1 is 1.52 bits per heavy atom. The van der Waals surface area contributed by atoms with Gasteiger partial charge in [-0.05, 0) is 6.92 Å². The molecule has 1 heterocycles. The van der Waals surface area contributed by atoms with E-state index in [2.05, 4.69) is 9.84 Å². The van der Waals surface area contributed by atoms with E-state index in [1.165, 1.54) is 18.1 Å². The number of hydrazone groups is 1. The Morgan fingerprint density at radius 2 is 2.17 bits per heavy atom. The molecular formula is C13H18N6O4. The van der Waals surface area contributed by atoms with Crippen LogP contribution in [-0.4, -0.2) is 53.1 Å². The van der Waals surface area contributed by atoms with Crippen molar-refractivity contribution in [1.29, 1.82) is 0 Å². The number of aryl methyl sites for hydroxylation is 1. The van der Waals surface area contributed by atoms with Gasteiger partial charge in [0.15, 0.2) is 5.84 Å². The number of carbonyl (C=O) groups is 1. The number of nitrogens with two attached hydrogens (primary N) is 2. The van der Waals surface area contributed by atoms with Gasteiger partial charge in [0, 0.05) is 30.3 Å². The van der Waals surface area contributed by atoms with Crippen LogP contribution in [0.4, 0.5) is 10.5 Å². The summed E-state index contributed by atoms with van der Waals surface area (Å²) < 4.78 is 4.58. The lowest BCUT2D eigenvalue weighted by molar-refractivity contribution is -0.385. The molecule has 0 spiro atoms. The first-order valence-corrected chi connectivity index (χ1v) is 6.79. The molecule has 23 heavy (non-hydrogen) atoms. The van der Waals surface area contributed by atoms with E-state index in [-0.39, 0.29) is 17.6 Å². The zero-order valence-electron chi connectivity index (χ0n) is 12.8. The second-order valence-electron chi connectivity index (χ2n) is 5.15. The average Bonchev–Trinajstić information content (AvgIpc) is 2.45. The number of ether oxygens (including phenoxy) is 1. The van der Waals surface area contributed by atoms with Crippen molar-refractivity contribution in [3.63, 3.8) is 0 Å². The molecule has 4 N–H and O–H groups in total. The smallest absolute Gasteiger partial charge is 0.409 e. The van der Waals surface area contributed by atoms with Crippen LogP contribution in [0, 0.1) is 17.0 Å². The highest BCUT2D eigenvalue weighted by Crippen LogP contribution is 2.19. The topological polar surface area (TPSA) is 140 Å². The Kier molecular flexibility index (Phi) is 4.65. The first-order valence-electron chi connectivity index (χ1n) is 6.79. The van der Waals surface area contributed by atoms with Gasteiger partial charge in [0.25, 0.3) is 5.69 Å². The highest BCUT2D eigenvalue weighted by Gasteiger charge is 2.34. The van der Waals surface area contributed by atoms with Crippen LogP contribution in [0.3, 0.4) is 0 Å². The molecule has 0 unspecified atom stereocenters. The second-order valence-corrected chi connectivity index (χ2v) is 5.15. The van der Waals surface area contributed by atoms with Gasteiger partial charge in [-0.2, -0.15) is 0 Å². The van der Waals surface area contributed by atoms with Gasteiger partial charge in [-0.25, -0.2) is 15.8 Å². The molecule has 1 fully saturated rings. The fourth-order valence-corrected chi connectivity index (χ4v) is 2.13. The van der Waals surface area contributed by atoms with Crippen LogP contribution in [0.5, 0.6) is 0 Å². The summed E-state index contributed by atoms with van der Waals surface area (Å²) in [6.07, 6.45) is -0.430. The van der Waals surface area contributed by atoms with Crippen LogP contribution in [0.15, 0.2) is 23.3 Å². The first-order chi connectivity index (χ1) is 10.8. The maximum atomic E-state index is 11.3. The molecule has 0 bridgehead atoms. The van der Waals surface area contributed by atoms with Gasteiger partial charge in [-0.15, -0.1) is 5.10 Å². The molecule has 0 radical (unpaired) electrons. The number of likely N-dealkylation sites (tertiary alicyclic amines) is 1. The summed E-state index contributed by atoms with van der Waals surface area (Å²) >= 11 is 0. The molecular weight excluding hydrogens is 304 g/mol. The average molecular weight is 322 g/mol. The lowest BCUT2D eigenvalue weighted by atomic mass is 10.1. The molecule has 10 heteroatoms. The molecule has 1 aromatic carbocycles. The van der Waals surface area contributed by atoms with Gasteiger partial charge in [0.05, 0.1) is 18.1 Å². The normalized spacial score (nSPS) is 15.1. The predicted octanol–water partition coefficient (Wildman–Crippen LogP) is 0.150. The highest BCUT2D eigenvalue weighted by atomic mass is 16.6. The van der Waals surface area contributed by atoms with E-state index >= 15 is 0 Å². The highest BCUT2D eigenvalue weighted by molar-refractivity contribution is 5.98. The summed E-state index contributed by atoms with van der Waals surface area (Å²) in [4.78, 5) is 23.2. The van der Waals surface area contributed by atoms with Gasteiger partial charge in [-0.1, -0.05) is 12.1 Å². The fraction of sp³-hybridized carbons (Fsp3) is 0.385. The number of amidine groups is 1. The van der Waals surface area contributed by atoms with Crippen molar-refractivity contribution in [3.8, 4) is 0 Å². The summed E-state index contributed by atoms with van der Waals surface area (Å²) in [5.41, 5.74) is 6.75. The summed E-state index contributed by atoms with van der Waals surface area (Å²) in [5, 5.41) is 16.1. The van der Waals surface area contributed by atoms with Crippen molar-refractivity contribution in [1.82, 2.24) is 10.0 Å². The van der Waals surface area contributed by atoms with E-state index in [4.69, 9.17) is 11.6 Å². The molecule has 0 aliphatic carbocycles. The Morgan fingerprint density at radius 3 is 2.74 bits per heavy atom. The molecule has 1 aliphatic heterocycles. The number of nitrogens with zero attached hydrogens (tertiary/aromatic N) is 4. The number of rotatable bonds is 4. The van der Waals surface area contributed by atoms with Crippen LogP contribution < -0.4 is 11.6 Å². The fourth-order valence-electron chi connectivity index (χ4n) is 2.13. The van der Waals surface area contributed by atoms with Crippen molar-refractivity contribution in [2.75, 3.05) is 20.2 Å². The molecule has 0 saturated carbocycles. The molecule has 1 aromatic rings. The van der Waals surface area contributed by atoms with Gasteiger partial charge >= 0.3 is 6.09 Å². The van der Waals surface area contributed by atoms with Crippen molar-refractivity contribution >= 4 is 17.6 Å².